The molecular weight excluding hydrogens is 216 g/mol. The van der Waals surface area contributed by atoms with Gasteiger partial charge in [-0.25, -0.2) is 8.42 Å². The number of sulfonamides is 1. The molecule has 15 heavy (non-hydrogen) atoms. The number of aliphatic hydroxyl groups excluding tert-OH is 1. The van der Waals surface area contributed by atoms with Crippen molar-refractivity contribution < 1.29 is 13.5 Å². The molecule has 90 valence electrons. The van der Waals surface area contributed by atoms with Crippen LogP contribution in [0, 0.1) is 0 Å². The summed E-state index contributed by atoms with van der Waals surface area (Å²) in [5.74, 6) is 0.109. The van der Waals surface area contributed by atoms with Crippen molar-refractivity contribution >= 4 is 10.0 Å². The average Bonchev–Trinajstić information content (AvgIpc) is 2.51. The Bertz CT molecular complexity index is 290. The molecule has 0 bridgehead atoms. The molecule has 2 N–H and O–H groups in total. The van der Waals surface area contributed by atoms with Crippen molar-refractivity contribution in [2.45, 2.75) is 32.4 Å². The molecule has 0 aromatic carbocycles. The van der Waals surface area contributed by atoms with Crippen molar-refractivity contribution in [1.29, 1.82) is 0 Å². The summed E-state index contributed by atoms with van der Waals surface area (Å²) in [5.41, 5.74) is 0. The fourth-order valence-electron chi connectivity index (χ4n) is 1.57. The van der Waals surface area contributed by atoms with Gasteiger partial charge >= 0.3 is 0 Å². The lowest BCUT2D eigenvalue weighted by Crippen LogP contribution is -2.36. The van der Waals surface area contributed by atoms with E-state index in [1.54, 1.807) is 0 Å². The van der Waals surface area contributed by atoms with Crippen LogP contribution in [0.5, 0.6) is 0 Å². The van der Waals surface area contributed by atoms with Crippen LogP contribution in [0.25, 0.3) is 0 Å². The number of β-amino-alcohol motifs (C(OH)–C–C–N with tert-alkyl or cyclic N) is 1. The smallest absolute Gasteiger partial charge is 0.215 e. The molecule has 0 saturated carbocycles. The number of hydrogen-bond acceptors (Lipinski definition) is 4. The quantitative estimate of drug-likeness (QED) is 0.667. The molecule has 6 heteroatoms. The maximum atomic E-state index is 11.7. The molecule has 5 nitrogen and oxygen atoms in total. The highest BCUT2D eigenvalue weighted by atomic mass is 32.2. The van der Waals surface area contributed by atoms with Crippen molar-refractivity contribution in [3.63, 3.8) is 0 Å². The van der Waals surface area contributed by atoms with Gasteiger partial charge in [-0.3, -0.25) is 0 Å². The Morgan fingerprint density at radius 1 is 1.53 bits per heavy atom. The first-order valence-corrected chi connectivity index (χ1v) is 6.92. The molecule has 0 aromatic heterocycles. The van der Waals surface area contributed by atoms with Crippen LogP contribution in [0.1, 0.15) is 20.3 Å². The first-order valence-electron chi connectivity index (χ1n) is 5.31. The van der Waals surface area contributed by atoms with Crippen LogP contribution >= 0.6 is 0 Å². The molecule has 0 radical (unpaired) electrons. The summed E-state index contributed by atoms with van der Waals surface area (Å²) in [4.78, 5) is 0. The monoisotopic (exact) mass is 236 g/mol. The minimum Gasteiger partial charge on any atom is -0.392 e. The van der Waals surface area contributed by atoms with Gasteiger partial charge in [-0.15, -0.1) is 0 Å². The van der Waals surface area contributed by atoms with Crippen LogP contribution in [-0.2, 0) is 10.0 Å². The first-order chi connectivity index (χ1) is 6.92. The maximum absolute atomic E-state index is 11.7. The van der Waals surface area contributed by atoms with Gasteiger partial charge in [0.05, 0.1) is 11.9 Å². The molecule has 0 amide bonds. The highest BCUT2D eigenvalue weighted by molar-refractivity contribution is 7.89. The van der Waals surface area contributed by atoms with Crippen LogP contribution in [0.2, 0.25) is 0 Å². The van der Waals surface area contributed by atoms with E-state index in [1.807, 2.05) is 13.8 Å². The molecule has 1 rings (SSSR count). The zero-order chi connectivity index (χ0) is 11.5. The Hall–Kier alpha value is -0.170. The van der Waals surface area contributed by atoms with Crippen LogP contribution in [-0.4, -0.2) is 55.4 Å². The Morgan fingerprint density at radius 2 is 2.20 bits per heavy atom. The van der Waals surface area contributed by atoms with Gasteiger partial charge in [-0.1, -0.05) is 13.8 Å². The number of hydrogen-bond donors (Lipinski definition) is 2. The fourth-order valence-corrected chi connectivity index (χ4v) is 2.99. The van der Waals surface area contributed by atoms with Crippen molar-refractivity contribution in [3.8, 4) is 0 Å². The molecule has 1 saturated heterocycles. The molecule has 0 aromatic rings. The second-order valence-corrected chi connectivity index (χ2v) is 6.31. The molecule has 1 fully saturated rings. The lowest BCUT2D eigenvalue weighted by atomic mass is 10.3. The second-order valence-electron chi connectivity index (χ2n) is 4.23. The van der Waals surface area contributed by atoms with E-state index in [-0.39, 0.29) is 12.3 Å². The summed E-state index contributed by atoms with van der Waals surface area (Å²) in [6.45, 7) is 5.13. The Balaban J connectivity index is 2.38. The van der Waals surface area contributed by atoms with Gasteiger partial charge in [0.2, 0.25) is 10.0 Å². The fraction of sp³-hybridized carbons (Fsp3) is 1.00. The third-order valence-corrected chi connectivity index (χ3v) is 4.27. The molecule has 1 unspecified atom stereocenters. The van der Waals surface area contributed by atoms with Crippen LogP contribution < -0.4 is 5.32 Å². The summed E-state index contributed by atoms with van der Waals surface area (Å²) in [6, 6.07) is 0.296. The van der Waals surface area contributed by atoms with E-state index in [0.29, 0.717) is 25.6 Å². The number of aliphatic hydroxyl groups is 1. The first kappa shape index (κ1) is 12.9. The zero-order valence-corrected chi connectivity index (χ0v) is 10.1. The van der Waals surface area contributed by atoms with E-state index in [1.165, 1.54) is 4.31 Å². The van der Waals surface area contributed by atoms with Gasteiger partial charge in [0.1, 0.15) is 0 Å². The molecule has 1 aliphatic heterocycles. The third kappa shape index (κ3) is 4.06. The standard InChI is InChI=1S/C9H20N2O3S/c1-8(2)10-4-6-15(13,14)11-5-3-9(12)7-11/h8-10,12H,3-7H2,1-2H3. The summed E-state index contributed by atoms with van der Waals surface area (Å²) in [7, 11) is -3.18. The van der Waals surface area contributed by atoms with Gasteiger partial charge in [0, 0.05) is 25.7 Å². The van der Waals surface area contributed by atoms with Gasteiger partial charge in [-0.05, 0) is 6.42 Å². The molecule has 1 heterocycles. The minimum absolute atomic E-state index is 0.109. The molecule has 1 atom stereocenters. The van der Waals surface area contributed by atoms with E-state index in [2.05, 4.69) is 5.32 Å². The van der Waals surface area contributed by atoms with E-state index in [0.717, 1.165) is 0 Å². The molecular formula is C9H20N2O3S. The molecule has 0 spiro atoms. The van der Waals surface area contributed by atoms with Crippen molar-refractivity contribution in [2.24, 2.45) is 0 Å². The predicted molar refractivity (Wildman–Crippen MR) is 59.1 cm³/mol. The highest BCUT2D eigenvalue weighted by Crippen LogP contribution is 2.13. The number of nitrogens with one attached hydrogen (secondary N) is 1. The Labute approximate surface area is 91.5 Å². The lowest BCUT2D eigenvalue weighted by molar-refractivity contribution is 0.189. The van der Waals surface area contributed by atoms with E-state index < -0.39 is 16.1 Å². The number of rotatable bonds is 5. The Kier molecular flexibility index (Phi) is 4.51. The van der Waals surface area contributed by atoms with Crippen molar-refractivity contribution in [2.75, 3.05) is 25.4 Å². The SMILES string of the molecule is CC(C)NCCS(=O)(=O)N1CCC(O)C1. The third-order valence-electron chi connectivity index (χ3n) is 2.43. The summed E-state index contributed by atoms with van der Waals surface area (Å²) < 4.78 is 24.8. The van der Waals surface area contributed by atoms with E-state index in [4.69, 9.17) is 0 Å². The van der Waals surface area contributed by atoms with Crippen molar-refractivity contribution in [1.82, 2.24) is 9.62 Å². The largest absolute Gasteiger partial charge is 0.392 e. The predicted octanol–water partition coefficient (Wildman–Crippen LogP) is -0.619. The summed E-state index contributed by atoms with van der Waals surface area (Å²) in [6.07, 6.45) is 0.0643. The van der Waals surface area contributed by atoms with E-state index in [9.17, 15) is 13.5 Å². The topological polar surface area (TPSA) is 69.6 Å². The number of nitrogens with zero attached hydrogens (tertiary/aromatic N) is 1. The van der Waals surface area contributed by atoms with Crippen LogP contribution in [0.15, 0.2) is 0 Å². The van der Waals surface area contributed by atoms with Gasteiger partial charge in [0.15, 0.2) is 0 Å². The Morgan fingerprint density at radius 3 is 2.67 bits per heavy atom. The van der Waals surface area contributed by atoms with Crippen molar-refractivity contribution in [3.05, 3.63) is 0 Å². The minimum atomic E-state index is -3.18. The summed E-state index contributed by atoms with van der Waals surface area (Å²) >= 11 is 0. The average molecular weight is 236 g/mol. The van der Waals surface area contributed by atoms with Gasteiger partial charge in [-0.2, -0.15) is 4.31 Å². The molecule has 0 aliphatic carbocycles. The maximum Gasteiger partial charge on any atom is 0.215 e. The molecule has 1 aliphatic rings. The highest BCUT2D eigenvalue weighted by Gasteiger charge is 2.29. The zero-order valence-electron chi connectivity index (χ0n) is 9.31. The van der Waals surface area contributed by atoms with E-state index >= 15 is 0 Å². The van der Waals surface area contributed by atoms with Gasteiger partial charge < -0.3 is 10.4 Å². The second kappa shape index (κ2) is 5.25. The summed E-state index contributed by atoms with van der Waals surface area (Å²) in [5, 5.41) is 12.3. The lowest BCUT2D eigenvalue weighted by Gasteiger charge is -2.16. The van der Waals surface area contributed by atoms with Crippen LogP contribution in [0.3, 0.4) is 0 Å². The normalized spacial score (nSPS) is 23.9. The van der Waals surface area contributed by atoms with Crippen LogP contribution in [0.4, 0.5) is 0 Å². The van der Waals surface area contributed by atoms with Gasteiger partial charge in [0.25, 0.3) is 0 Å².